The molecular weight excluding hydrogens is 652 g/mol. The van der Waals surface area contributed by atoms with Crippen molar-refractivity contribution in [2.45, 2.75) is 95.0 Å². The number of nitrogens with zero attached hydrogens (tertiary/aromatic N) is 3. The van der Waals surface area contributed by atoms with Crippen LogP contribution in [0.5, 0.6) is 5.75 Å². The van der Waals surface area contributed by atoms with Crippen LogP contribution in [-0.4, -0.2) is 96.0 Å². The van der Waals surface area contributed by atoms with Gasteiger partial charge in [-0.1, -0.05) is 25.0 Å². The predicted octanol–water partition coefficient (Wildman–Crippen LogP) is 2.74. The van der Waals surface area contributed by atoms with E-state index in [1.54, 1.807) is 20.8 Å². The maximum absolute atomic E-state index is 14.3. The van der Waals surface area contributed by atoms with Crippen molar-refractivity contribution in [2.24, 2.45) is 13.0 Å². The Morgan fingerprint density at radius 3 is 2.57 bits per heavy atom. The molecule has 0 unspecified atom stereocenters. The van der Waals surface area contributed by atoms with Gasteiger partial charge in [0.05, 0.1) is 6.54 Å². The van der Waals surface area contributed by atoms with Crippen LogP contribution in [0.4, 0.5) is 4.79 Å². The van der Waals surface area contributed by atoms with E-state index in [-0.39, 0.29) is 19.4 Å². The Kier molecular flexibility index (Phi) is 10.4. The van der Waals surface area contributed by atoms with E-state index >= 15 is 0 Å². The molecule has 4 amide bonds. The van der Waals surface area contributed by atoms with Gasteiger partial charge in [0.1, 0.15) is 35.1 Å². The number of nitrogens with one attached hydrogen (secondary N) is 3. The molecule has 2 fully saturated rings. The number of carbonyl (C=O) groups excluding carboxylic acids is 4. The van der Waals surface area contributed by atoms with Gasteiger partial charge in [-0.05, 0) is 70.7 Å². The monoisotopic (exact) mass is 700 g/mol. The van der Waals surface area contributed by atoms with Crippen LogP contribution >= 0.6 is 0 Å². The minimum absolute atomic E-state index is 0.0494. The SMILES string of the molecule is CN(C)S(=O)(=O)NC(=O)[C@@]12C[C@H]1C=CCCCCC[C@H](NC(=O)OC(C)(C)C)C(=O)N1C[C@H](Oc3ccc4c(ccn4C)c3)C[C@H]1C(=O)N2. The molecule has 14 nitrogen and oxygen atoms in total. The highest BCUT2D eigenvalue weighted by Crippen LogP contribution is 2.45. The second-order valence-electron chi connectivity index (χ2n) is 14.4. The van der Waals surface area contributed by atoms with E-state index < -0.39 is 69.3 Å². The lowest BCUT2D eigenvalue weighted by Crippen LogP contribution is -2.58. The summed E-state index contributed by atoms with van der Waals surface area (Å²) in [5.74, 6) is -1.80. The largest absolute Gasteiger partial charge is 0.488 e. The topological polar surface area (TPSA) is 168 Å². The second-order valence-corrected chi connectivity index (χ2v) is 16.3. The van der Waals surface area contributed by atoms with Crippen LogP contribution in [0.3, 0.4) is 0 Å². The van der Waals surface area contributed by atoms with Gasteiger partial charge in [-0.2, -0.15) is 12.7 Å². The standard InChI is InChI=1S/C34H48N6O8S/c1-33(2,3)48-32(44)35-26-13-11-9-7-8-10-12-23-20-34(23,31(43)37-49(45,46)38(4)5)36-29(41)28-19-25(21-40(28)30(26)42)47-24-14-15-27-22(18-24)16-17-39(27)6/h10,12,14-18,23,25-26,28H,7-9,11,13,19-21H2,1-6H3,(H,35,44)(H,36,41)(H,37,43)/t23-,25-,26+,28+,34-/m1/s1. The number of carbonyl (C=O) groups is 4. The number of amides is 4. The van der Waals surface area contributed by atoms with Crippen molar-refractivity contribution in [3.05, 3.63) is 42.6 Å². The van der Waals surface area contributed by atoms with Crippen molar-refractivity contribution in [3.8, 4) is 5.75 Å². The molecule has 0 spiro atoms. The summed E-state index contributed by atoms with van der Waals surface area (Å²) in [6, 6.07) is 5.59. The lowest BCUT2D eigenvalue weighted by atomic mass is 10.0. The number of aryl methyl sites for hydroxylation is 1. The zero-order valence-electron chi connectivity index (χ0n) is 29.0. The van der Waals surface area contributed by atoms with Gasteiger partial charge in [-0.15, -0.1) is 0 Å². The molecule has 1 saturated carbocycles. The molecule has 1 saturated heterocycles. The highest BCUT2D eigenvalue weighted by molar-refractivity contribution is 7.87. The van der Waals surface area contributed by atoms with Crippen molar-refractivity contribution in [1.82, 2.24) is 29.1 Å². The summed E-state index contributed by atoms with van der Waals surface area (Å²) in [5, 5.41) is 6.54. The molecule has 5 rings (SSSR count). The number of ether oxygens (including phenoxy) is 2. The molecule has 1 aromatic carbocycles. The van der Waals surface area contributed by atoms with Gasteiger partial charge < -0.3 is 29.6 Å². The van der Waals surface area contributed by atoms with E-state index in [2.05, 4.69) is 15.4 Å². The van der Waals surface area contributed by atoms with E-state index in [9.17, 15) is 27.6 Å². The first-order chi connectivity index (χ1) is 23.0. The molecule has 2 aliphatic heterocycles. The quantitative estimate of drug-likeness (QED) is 0.387. The molecule has 15 heteroatoms. The normalized spacial score (nSPS) is 26.6. The summed E-state index contributed by atoms with van der Waals surface area (Å²) >= 11 is 0. The lowest BCUT2D eigenvalue weighted by Gasteiger charge is -2.30. The fourth-order valence-electron chi connectivity index (χ4n) is 6.44. The molecule has 49 heavy (non-hydrogen) atoms. The zero-order valence-corrected chi connectivity index (χ0v) is 29.8. The van der Waals surface area contributed by atoms with Crippen molar-refractivity contribution in [1.29, 1.82) is 0 Å². The molecule has 3 heterocycles. The number of hydrogen-bond acceptors (Lipinski definition) is 8. The van der Waals surface area contributed by atoms with E-state index in [0.29, 0.717) is 25.0 Å². The highest BCUT2D eigenvalue weighted by Gasteiger charge is 2.61. The van der Waals surface area contributed by atoms with Crippen LogP contribution in [-0.2, 0) is 36.4 Å². The maximum atomic E-state index is 14.3. The summed E-state index contributed by atoms with van der Waals surface area (Å²) in [4.78, 5) is 56.3. The summed E-state index contributed by atoms with van der Waals surface area (Å²) in [5.41, 5.74) is -1.29. The van der Waals surface area contributed by atoms with Crippen molar-refractivity contribution in [2.75, 3.05) is 20.6 Å². The molecule has 3 aliphatic rings. The van der Waals surface area contributed by atoms with E-state index in [1.165, 1.54) is 19.0 Å². The molecule has 1 aromatic heterocycles. The van der Waals surface area contributed by atoms with Gasteiger partial charge in [-0.3, -0.25) is 14.4 Å². The Morgan fingerprint density at radius 1 is 1.10 bits per heavy atom. The Balaban J connectivity index is 1.45. The molecule has 0 bridgehead atoms. The third-order valence-corrected chi connectivity index (χ3v) is 10.6. The number of allylic oxidation sites excluding steroid dienone is 1. The van der Waals surface area contributed by atoms with Crippen molar-refractivity contribution >= 4 is 44.9 Å². The van der Waals surface area contributed by atoms with Crippen LogP contribution in [0.1, 0.15) is 65.7 Å². The Morgan fingerprint density at radius 2 is 1.86 bits per heavy atom. The number of rotatable bonds is 6. The number of alkyl carbamates (subject to hydrolysis) is 1. The van der Waals surface area contributed by atoms with Gasteiger partial charge in [0.15, 0.2) is 0 Å². The van der Waals surface area contributed by atoms with Gasteiger partial charge in [0.25, 0.3) is 5.91 Å². The van der Waals surface area contributed by atoms with Gasteiger partial charge in [-0.25, -0.2) is 9.52 Å². The first-order valence-corrected chi connectivity index (χ1v) is 18.2. The van der Waals surface area contributed by atoms with Crippen molar-refractivity contribution in [3.63, 3.8) is 0 Å². The Bertz CT molecular complexity index is 1730. The summed E-state index contributed by atoms with van der Waals surface area (Å²) < 4.78 is 42.0. The van der Waals surface area contributed by atoms with E-state index in [1.807, 2.05) is 54.2 Å². The summed E-state index contributed by atoms with van der Waals surface area (Å²) in [6.07, 6.45) is 7.94. The molecule has 5 atom stereocenters. The van der Waals surface area contributed by atoms with Crippen LogP contribution in [0.15, 0.2) is 42.6 Å². The third-order valence-electron chi connectivity index (χ3n) is 9.20. The Labute approximate surface area is 287 Å². The molecule has 0 radical (unpaired) electrons. The molecule has 2 aromatic rings. The van der Waals surface area contributed by atoms with Gasteiger partial charge in [0.2, 0.25) is 11.8 Å². The van der Waals surface area contributed by atoms with E-state index in [4.69, 9.17) is 9.47 Å². The van der Waals surface area contributed by atoms with Gasteiger partial charge in [0, 0.05) is 50.6 Å². The number of aromatic nitrogens is 1. The smallest absolute Gasteiger partial charge is 0.408 e. The summed E-state index contributed by atoms with van der Waals surface area (Å²) in [6.45, 7) is 5.24. The highest BCUT2D eigenvalue weighted by atomic mass is 32.2. The van der Waals surface area contributed by atoms with Crippen LogP contribution in [0.25, 0.3) is 10.9 Å². The minimum Gasteiger partial charge on any atom is -0.488 e. The fourth-order valence-corrected chi connectivity index (χ4v) is 7.04. The molecule has 3 N–H and O–H groups in total. The van der Waals surface area contributed by atoms with E-state index in [0.717, 1.165) is 28.0 Å². The van der Waals surface area contributed by atoms with Crippen LogP contribution < -0.4 is 20.1 Å². The fraction of sp³-hybridized carbons (Fsp3) is 0.588. The van der Waals surface area contributed by atoms with Gasteiger partial charge >= 0.3 is 16.3 Å². The molecular formula is C34H48N6O8S. The maximum Gasteiger partial charge on any atom is 0.408 e. The van der Waals surface area contributed by atoms with Crippen molar-refractivity contribution < 1.29 is 37.1 Å². The average molecular weight is 701 g/mol. The Hall–Kier alpha value is -4.11. The number of fused-ring (bicyclic) bond motifs is 3. The molecule has 1 aliphatic carbocycles. The van der Waals surface area contributed by atoms with Crippen LogP contribution in [0, 0.1) is 5.92 Å². The second kappa shape index (κ2) is 14.0. The average Bonchev–Trinajstić information content (AvgIpc) is 3.33. The van der Waals surface area contributed by atoms with Crippen LogP contribution in [0.2, 0.25) is 0 Å². The molecule has 268 valence electrons. The minimum atomic E-state index is -4.14. The number of hydrogen-bond donors (Lipinski definition) is 3. The third kappa shape index (κ3) is 8.38. The number of benzene rings is 1. The first-order valence-electron chi connectivity index (χ1n) is 16.7. The first kappa shape index (κ1) is 36.2. The lowest BCUT2D eigenvalue weighted by molar-refractivity contribution is -0.141. The summed E-state index contributed by atoms with van der Waals surface area (Å²) in [7, 11) is 0.403. The predicted molar refractivity (Wildman–Crippen MR) is 183 cm³/mol. The zero-order chi connectivity index (χ0) is 35.7.